The first kappa shape index (κ1) is 20.2. The molecule has 156 valence electrons. The molecule has 3 aromatic carbocycles. The first-order valence-electron chi connectivity index (χ1n) is 10.0. The quantitative estimate of drug-likeness (QED) is 0.501. The number of carbonyl (C=O) groups excluding carboxylic acids is 2. The minimum atomic E-state index is -0.645. The van der Waals surface area contributed by atoms with Gasteiger partial charge in [0, 0.05) is 5.69 Å². The molecule has 0 aliphatic carbocycles. The first-order valence-corrected chi connectivity index (χ1v) is 10.0. The Balaban J connectivity index is 1.38. The lowest BCUT2D eigenvalue weighted by molar-refractivity contribution is -0.120. The van der Waals surface area contributed by atoms with Crippen LogP contribution in [-0.4, -0.2) is 23.0 Å². The summed E-state index contributed by atoms with van der Waals surface area (Å²) in [5.74, 6) is -0.113. The number of aliphatic hydroxyl groups excluding tert-OH is 1. The van der Waals surface area contributed by atoms with Gasteiger partial charge in [0.15, 0.2) is 0 Å². The van der Waals surface area contributed by atoms with Crippen molar-refractivity contribution in [3.63, 3.8) is 0 Å². The number of carbonyl (C=O) groups is 2. The lowest BCUT2D eigenvalue weighted by atomic mass is 10.0. The van der Waals surface area contributed by atoms with Crippen LogP contribution in [0.2, 0.25) is 0 Å². The molecule has 4 rings (SSSR count). The van der Waals surface area contributed by atoms with E-state index in [1.807, 2.05) is 60.7 Å². The van der Waals surface area contributed by atoms with E-state index in [2.05, 4.69) is 10.6 Å². The van der Waals surface area contributed by atoms with Crippen LogP contribution in [0.15, 0.2) is 96.3 Å². The average Bonchev–Trinajstić information content (AvgIpc) is 3.08. The van der Waals surface area contributed by atoms with E-state index in [1.54, 1.807) is 24.3 Å². The van der Waals surface area contributed by atoms with Gasteiger partial charge in [-0.2, -0.15) is 0 Å². The van der Waals surface area contributed by atoms with Gasteiger partial charge in [0.25, 0.3) is 11.8 Å². The summed E-state index contributed by atoms with van der Waals surface area (Å²) < 4.78 is 5.72. The van der Waals surface area contributed by atoms with Gasteiger partial charge >= 0.3 is 0 Å². The molecule has 1 heterocycles. The van der Waals surface area contributed by atoms with Gasteiger partial charge < -0.3 is 20.5 Å². The second kappa shape index (κ2) is 9.17. The number of rotatable bonds is 7. The maximum atomic E-state index is 12.6. The van der Waals surface area contributed by atoms with E-state index >= 15 is 0 Å². The predicted octanol–water partition coefficient (Wildman–Crippen LogP) is 4.36. The molecule has 2 amide bonds. The zero-order chi connectivity index (χ0) is 21.6. The topological polar surface area (TPSA) is 87.7 Å². The fourth-order valence-corrected chi connectivity index (χ4v) is 3.40. The summed E-state index contributed by atoms with van der Waals surface area (Å²) in [5.41, 5.74) is 1.34. The maximum absolute atomic E-state index is 12.6. The van der Waals surface area contributed by atoms with E-state index in [0.717, 1.165) is 5.56 Å². The highest BCUT2D eigenvalue weighted by molar-refractivity contribution is 6.24. The van der Waals surface area contributed by atoms with E-state index in [0.29, 0.717) is 30.0 Å². The number of aliphatic hydroxyl groups is 1. The highest BCUT2D eigenvalue weighted by atomic mass is 16.5. The molecule has 6 heteroatoms. The summed E-state index contributed by atoms with van der Waals surface area (Å²) in [5, 5.41) is 15.8. The molecule has 0 aromatic heterocycles. The van der Waals surface area contributed by atoms with Gasteiger partial charge in [0.1, 0.15) is 22.8 Å². The van der Waals surface area contributed by atoms with Crippen LogP contribution < -0.4 is 15.4 Å². The first-order chi connectivity index (χ1) is 15.1. The predicted molar refractivity (Wildman–Crippen MR) is 118 cm³/mol. The monoisotopic (exact) mass is 414 g/mol. The number of ether oxygens (including phenoxy) is 1. The van der Waals surface area contributed by atoms with Gasteiger partial charge in [-0.1, -0.05) is 48.5 Å². The molecule has 31 heavy (non-hydrogen) atoms. The van der Waals surface area contributed by atoms with E-state index < -0.39 is 17.9 Å². The van der Waals surface area contributed by atoms with Crippen molar-refractivity contribution in [3.8, 4) is 11.5 Å². The molecule has 0 radical (unpaired) electrons. The Labute approximate surface area is 180 Å². The van der Waals surface area contributed by atoms with Crippen molar-refractivity contribution in [3.05, 3.63) is 102 Å². The SMILES string of the molecule is O=C(Nc1ccc(Oc2ccccc2)cc1)C1=C(O)C(CCc2ccccc2)NC1=O. The standard InChI is InChI=1S/C25H22N2O4/c28-23-21(16-11-17-7-3-1-4-8-17)27-25(30)22(23)24(29)26-18-12-14-20(15-13-18)31-19-9-5-2-6-10-19/h1-10,12-15,21,28H,11,16H2,(H,26,29)(H,27,30). The number of hydrogen-bond acceptors (Lipinski definition) is 4. The largest absolute Gasteiger partial charge is 0.509 e. The minimum Gasteiger partial charge on any atom is -0.509 e. The molecule has 1 atom stereocenters. The second-order valence-corrected chi connectivity index (χ2v) is 7.20. The summed E-state index contributed by atoms with van der Waals surface area (Å²) in [4.78, 5) is 24.9. The number of amides is 2. The molecule has 0 saturated carbocycles. The molecular weight excluding hydrogens is 392 g/mol. The van der Waals surface area contributed by atoms with Crippen LogP contribution in [0, 0.1) is 0 Å². The molecule has 1 aliphatic heterocycles. The molecule has 6 nitrogen and oxygen atoms in total. The Morgan fingerprint density at radius 1 is 0.903 bits per heavy atom. The number of nitrogens with one attached hydrogen (secondary N) is 2. The number of para-hydroxylation sites is 1. The lowest BCUT2D eigenvalue weighted by Crippen LogP contribution is -2.30. The summed E-state index contributed by atoms with van der Waals surface area (Å²) in [6.07, 6.45) is 1.18. The van der Waals surface area contributed by atoms with Crippen LogP contribution in [0.5, 0.6) is 11.5 Å². The maximum Gasteiger partial charge on any atom is 0.264 e. The summed E-state index contributed by atoms with van der Waals surface area (Å²) in [6, 6.07) is 25.3. The highest BCUT2D eigenvalue weighted by Gasteiger charge is 2.35. The van der Waals surface area contributed by atoms with Crippen molar-refractivity contribution in [2.24, 2.45) is 0 Å². The third kappa shape index (κ3) is 4.93. The van der Waals surface area contributed by atoms with Crippen LogP contribution in [0.4, 0.5) is 5.69 Å². The Morgan fingerprint density at radius 2 is 1.52 bits per heavy atom. The van der Waals surface area contributed by atoms with Gasteiger partial charge in [0.05, 0.1) is 6.04 Å². The number of aryl methyl sites for hydroxylation is 1. The van der Waals surface area contributed by atoms with Crippen molar-refractivity contribution in [2.75, 3.05) is 5.32 Å². The van der Waals surface area contributed by atoms with Crippen molar-refractivity contribution < 1.29 is 19.4 Å². The highest BCUT2D eigenvalue weighted by Crippen LogP contribution is 2.24. The summed E-state index contributed by atoms with van der Waals surface area (Å²) >= 11 is 0. The van der Waals surface area contributed by atoms with Gasteiger partial charge in [-0.25, -0.2) is 0 Å². The molecule has 1 unspecified atom stereocenters. The normalized spacial score (nSPS) is 15.5. The third-order valence-corrected chi connectivity index (χ3v) is 5.00. The average molecular weight is 414 g/mol. The molecule has 0 bridgehead atoms. The number of benzene rings is 3. The summed E-state index contributed by atoms with van der Waals surface area (Å²) in [6.45, 7) is 0. The Hall–Kier alpha value is -4.06. The number of hydrogen-bond donors (Lipinski definition) is 3. The third-order valence-electron chi connectivity index (χ3n) is 5.00. The molecule has 0 spiro atoms. The zero-order valence-corrected chi connectivity index (χ0v) is 16.7. The van der Waals surface area contributed by atoms with Crippen LogP contribution in [0.1, 0.15) is 12.0 Å². The van der Waals surface area contributed by atoms with E-state index in [9.17, 15) is 14.7 Å². The molecule has 1 aliphatic rings. The Kier molecular flexibility index (Phi) is 5.98. The van der Waals surface area contributed by atoms with Gasteiger partial charge in [0.2, 0.25) is 0 Å². The number of anilines is 1. The minimum absolute atomic E-state index is 0.220. The van der Waals surface area contributed by atoms with Crippen LogP contribution >= 0.6 is 0 Å². The van der Waals surface area contributed by atoms with Gasteiger partial charge in [-0.15, -0.1) is 0 Å². The fourth-order valence-electron chi connectivity index (χ4n) is 3.40. The van der Waals surface area contributed by atoms with E-state index in [-0.39, 0.29) is 11.3 Å². The van der Waals surface area contributed by atoms with Gasteiger partial charge in [-0.3, -0.25) is 9.59 Å². The van der Waals surface area contributed by atoms with Crippen LogP contribution in [0.3, 0.4) is 0 Å². The molecule has 0 fully saturated rings. The Morgan fingerprint density at radius 3 is 2.19 bits per heavy atom. The molecule has 0 saturated heterocycles. The van der Waals surface area contributed by atoms with Crippen molar-refractivity contribution in [1.29, 1.82) is 0 Å². The van der Waals surface area contributed by atoms with Crippen LogP contribution in [-0.2, 0) is 16.0 Å². The molecule has 3 N–H and O–H groups in total. The van der Waals surface area contributed by atoms with Gasteiger partial charge in [-0.05, 0) is 54.8 Å². The van der Waals surface area contributed by atoms with Crippen molar-refractivity contribution in [2.45, 2.75) is 18.9 Å². The fraction of sp³-hybridized carbons (Fsp3) is 0.120. The van der Waals surface area contributed by atoms with Crippen molar-refractivity contribution in [1.82, 2.24) is 5.32 Å². The van der Waals surface area contributed by atoms with E-state index in [1.165, 1.54) is 0 Å². The Bertz CT molecular complexity index is 1090. The lowest BCUT2D eigenvalue weighted by Gasteiger charge is -2.10. The summed E-state index contributed by atoms with van der Waals surface area (Å²) in [7, 11) is 0. The van der Waals surface area contributed by atoms with Crippen LogP contribution in [0.25, 0.3) is 0 Å². The van der Waals surface area contributed by atoms with Crippen molar-refractivity contribution >= 4 is 17.5 Å². The second-order valence-electron chi connectivity index (χ2n) is 7.20. The van der Waals surface area contributed by atoms with E-state index in [4.69, 9.17) is 4.74 Å². The molecular formula is C25H22N2O4. The molecule has 3 aromatic rings. The zero-order valence-electron chi connectivity index (χ0n) is 16.7. The smallest absolute Gasteiger partial charge is 0.264 e.